The second-order valence-corrected chi connectivity index (χ2v) is 6.07. The second kappa shape index (κ2) is 9.95. The molecule has 10 heteroatoms. The van der Waals surface area contributed by atoms with Gasteiger partial charge in [0.2, 0.25) is 10.0 Å². The average Bonchev–Trinajstić information content (AvgIpc) is 2.76. The number of nitrogens with zero attached hydrogens (tertiary/aromatic N) is 3. The van der Waals surface area contributed by atoms with Crippen molar-refractivity contribution in [1.29, 1.82) is 0 Å². The summed E-state index contributed by atoms with van der Waals surface area (Å²) in [7, 11) is -1.29. The average molecular weight is 430 g/mol. The summed E-state index contributed by atoms with van der Waals surface area (Å²) < 4.78 is 26.0. The number of hydrogen-bond donors (Lipinski definition) is 3. The Morgan fingerprint density at radius 2 is 2.10 bits per heavy atom. The van der Waals surface area contributed by atoms with Crippen LogP contribution in [0.5, 0.6) is 0 Å². The third-order valence-electron chi connectivity index (χ3n) is 2.45. The number of nitrogens with one attached hydrogen (secondary N) is 3. The van der Waals surface area contributed by atoms with E-state index in [1.165, 1.54) is 0 Å². The first-order chi connectivity index (χ1) is 9.42. The van der Waals surface area contributed by atoms with E-state index in [2.05, 4.69) is 25.4 Å². The highest BCUT2D eigenvalue weighted by atomic mass is 127. The molecular weight excluding hydrogens is 407 g/mol. The third kappa shape index (κ3) is 8.88. The van der Waals surface area contributed by atoms with Crippen LogP contribution in [-0.4, -0.2) is 50.0 Å². The van der Waals surface area contributed by atoms with Crippen LogP contribution in [0.3, 0.4) is 0 Å². The number of sulfonamides is 1. The summed E-state index contributed by atoms with van der Waals surface area (Å²) in [4.78, 5) is 4.41. The van der Waals surface area contributed by atoms with Crippen molar-refractivity contribution in [1.82, 2.24) is 25.1 Å². The van der Waals surface area contributed by atoms with Crippen molar-refractivity contribution in [2.75, 3.05) is 25.9 Å². The fourth-order valence-electron chi connectivity index (χ4n) is 1.48. The van der Waals surface area contributed by atoms with Crippen LogP contribution in [0, 0.1) is 0 Å². The van der Waals surface area contributed by atoms with E-state index in [0.717, 1.165) is 18.5 Å². The van der Waals surface area contributed by atoms with Crippen molar-refractivity contribution in [3.63, 3.8) is 0 Å². The molecule has 1 heterocycles. The van der Waals surface area contributed by atoms with Crippen LogP contribution >= 0.6 is 24.0 Å². The van der Waals surface area contributed by atoms with E-state index in [1.54, 1.807) is 10.9 Å². The number of aromatic nitrogens is 2. The van der Waals surface area contributed by atoms with Crippen molar-refractivity contribution >= 4 is 40.0 Å². The Hall–Kier alpha value is -0.880. The van der Waals surface area contributed by atoms with Gasteiger partial charge in [-0.3, -0.25) is 4.68 Å². The molecule has 0 aliphatic heterocycles. The maximum absolute atomic E-state index is 10.9. The maximum atomic E-state index is 10.9. The molecule has 0 aliphatic carbocycles. The summed E-state index contributed by atoms with van der Waals surface area (Å²) in [6, 6.07) is 1.90. The number of rotatable bonds is 7. The van der Waals surface area contributed by atoms with Gasteiger partial charge >= 0.3 is 0 Å². The molecule has 21 heavy (non-hydrogen) atoms. The molecule has 0 bridgehead atoms. The summed E-state index contributed by atoms with van der Waals surface area (Å²) in [5.74, 6) is 0.643. The van der Waals surface area contributed by atoms with E-state index in [-0.39, 0.29) is 24.0 Å². The summed E-state index contributed by atoms with van der Waals surface area (Å²) in [5, 5.41) is 10.2. The number of aryl methyl sites for hydroxylation is 1. The Morgan fingerprint density at radius 3 is 2.62 bits per heavy atom. The molecule has 0 saturated carbocycles. The first-order valence-corrected chi connectivity index (χ1v) is 8.25. The molecule has 8 nitrogen and oxygen atoms in total. The predicted octanol–water partition coefficient (Wildman–Crippen LogP) is -0.358. The molecule has 0 radical (unpaired) electrons. The highest BCUT2D eigenvalue weighted by Gasteiger charge is 2.02. The Morgan fingerprint density at radius 1 is 1.38 bits per heavy atom. The number of halogens is 1. The molecule has 0 aromatic carbocycles. The van der Waals surface area contributed by atoms with E-state index in [4.69, 9.17) is 0 Å². The SMILES string of the molecule is CCNC(=NCc1ccnn1C)NCCNS(C)(=O)=O.I. The predicted molar refractivity (Wildman–Crippen MR) is 94.3 cm³/mol. The lowest BCUT2D eigenvalue weighted by molar-refractivity contribution is 0.586. The van der Waals surface area contributed by atoms with Gasteiger partial charge in [-0.1, -0.05) is 0 Å². The van der Waals surface area contributed by atoms with Crippen molar-refractivity contribution < 1.29 is 8.42 Å². The van der Waals surface area contributed by atoms with E-state index in [1.807, 2.05) is 20.0 Å². The van der Waals surface area contributed by atoms with Gasteiger partial charge in [0, 0.05) is 32.9 Å². The third-order valence-corrected chi connectivity index (χ3v) is 3.18. The highest BCUT2D eigenvalue weighted by molar-refractivity contribution is 14.0. The summed E-state index contributed by atoms with van der Waals surface area (Å²) in [6.07, 6.45) is 2.86. The zero-order valence-corrected chi connectivity index (χ0v) is 15.6. The molecule has 0 atom stereocenters. The Bertz CT molecular complexity index is 543. The molecule has 0 aliphatic rings. The summed E-state index contributed by atoms with van der Waals surface area (Å²) in [6.45, 7) is 3.98. The second-order valence-electron chi connectivity index (χ2n) is 4.23. The van der Waals surface area contributed by atoms with Crippen LogP contribution in [0.15, 0.2) is 17.3 Å². The van der Waals surface area contributed by atoms with Crippen molar-refractivity contribution in [2.45, 2.75) is 13.5 Å². The van der Waals surface area contributed by atoms with Crippen molar-refractivity contribution in [3.05, 3.63) is 18.0 Å². The van der Waals surface area contributed by atoms with Gasteiger partial charge < -0.3 is 10.6 Å². The first-order valence-electron chi connectivity index (χ1n) is 6.36. The lowest BCUT2D eigenvalue weighted by Crippen LogP contribution is -2.41. The van der Waals surface area contributed by atoms with Gasteiger partial charge in [-0.25, -0.2) is 18.1 Å². The fraction of sp³-hybridized carbons (Fsp3) is 0.636. The van der Waals surface area contributed by atoms with E-state index < -0.39 is 10.0 Å². The fourth-order valence-corrected chi connectivity index (χ4v) is 1.95. The normalized spacial score (nSPS) is 11.9. The van der Waals surface area contributed by atoms with Gasteiger partial charge in [0.25, 0.3) is 0 Å². The Labute approximate surface area is 142 Å². The van der Waals surface area contributed by atoms with Gasteiger partial charge in [0.05, 0.1) is 18.5 Å². The van der Waals surface area contributed by atoms with Crippen molar-refractivity contribution in [3.8, 4) is 0 Å². The Kier molecular flexibility index (Phi) is 9.53. The van der Waals surface area contributed by atoms with Crippen LogP contribution in [0.4, 0.5) is 0 Å². The molecular formula is C11H23IN6O2S. The van der Waals surface area contributed by atoms with Crippen molar-refractivity contribution in [2.24, 2.45) is 12.0 Å². The standard InChI is InChI=1S/C11H22N6O2S.HI/c1-4-12-11(13-7-8-16-20(3,18)19)14-9-10-5-6-15-17(10)2;/h5-6,16H,4,7-9H2,1-3H3,(H2,12,13,14);1H. The zero-order chi connectivity index (χ0) is 15.0. The molecule has 1 aromatic rings. The number of hydrogen-bond acceptors (Lipinski definition) is 4. The van der Waals surface area contributed by atoms with Gasteiger partial charge in [-0.15, -0.1) is 24.0 Å². The van der Waals surface area contributed by atoms with Crippen LogP contribution in [0.25, 0.3) is 0 Å². The minimum atomic E-state index is -3.15. The molecule has 1 aromatic heterocycles. The molecule has 0 saturated heterocycles. The minimum Gasteiger partial charge on any atom is -0.357 e. The molecule has 3 N–H and O–H groups in total. The van der Waals surface area contributed by atoms with Crippen LogP contribution < -0.4 is 15.4 Å². The molecule has 0 spiro atoms. The zero-order valence-electron chi connectivity index (χ0n) is 12.5. The highest BCUT2D eigenvalue weighted by Crippen LogP contribution is 1.97. The van der Waals surface area contributed by atoms with Gasteiger partial charge in [0.15, 0.2) is 5.96 Å². The molecule has 0 fully saturated rings. The van der Waals surface area contributed by atoms with Crippen LogP contribution in [0.2, 0.25) is 0 Å². The molecule has 1 rings (SSSR count). The Balaban J connectivity index is 0.00000400. The summed E-state index contributed by atoms with van der Waals surface area (Å²) in [5.41, 5.74) is 0.997. The smallest absolute Gasteiger partial charge is 0.208 e. The monoisotopic (exact) mass is 430 g/mol. The topological polar surface area (TPSA) is 100 Å². The number of guanidine groups is 1. The van der Waals surface area contributed by atoms with Gasteiger partial charge in [0.1, 0.15) is 0 Å². The van der Waals surface area contributed by atoms with E-state index >= 15 is 0 Å². The van der Waals surface area contributed by atoms with E-state index in [9.17, 15) is 8.42 Å². The lowest BCUT2D eigenvalue weighted by Gasteiger charge is -2.11. The summed E-state index contributed by atoms with van der Waals surface area (Å²) >= 11 is 0. The molecule has 0 amide bonds. The molecule has 0 unspecified atom stereocenters. The van der Waals surface area contributed by atoms with Crippen LogP contribution in [-0.2, 0) is 23.6 Å². The first kappa shape index (κ1) is 20.1. The lowest BCUT2D eigenvalue weighted by atomic mass is 10.4. The van der Waals surface area contributed by atoms with Gasteiger partial charge in [-0.05, 0) is 13.0 Å². The van der Waals surface area contributed by atoms with Crippen LogP contribution in [0.1, 0.15) is 12.6 Å². The largest absolute Gasteiger partial charge is 0.357 e. The molecule has 122 valence electrons. The quantitative estimate of drug-likeness (QED) is 0.238. The number of aliphatic imine (C=N–C) groups is 1. The maximum Gasteiger partial charge on any atom is 0.208 e. The minimum absolute atomic E-state index is 0. The van der Waals surface area contributed by atoms with E-state index in [0.29, 0.717) is 25.6 Å². The van der Waals surface area contributed by atoms with Gasteiger partial charge in [-0.2, -0.15) is 5.10 Å².